The maximum Gasteiger partial charge on any atom is 0.353 e. The van der Waals surface area contributed by atoms with E-state index in [9.17, 15) is 9.90 Å². The molecule has 0 fully saturated rings. The minimum atomic E-state index is -2.00. The monoisotopic (exact) mass is 292 g/mol. The summed E-state index contributed by atoms with van der Waals surface area (Å²) in [5.41, 5.74) is 0.281. The number of benzene rings is 1. The van der Waals surface area contributed by atoms with Crippen molar-refractivity contribution in [1.29, 1.82) is 0 Å². The molecule has 0 aromatic heterocycles. The van der Waals surface area contributed by atoms with E-state index in [2.05, 4.69) is 0 Å². The summed E-state index contributed by atoms with van der Waals surface area (Å²) < 4.78 is 4.86. The van der Waals surface area contributed by atoms with Gasteiger partial charge in [0.05, 0.1) is 5.57 Å². The van der Waals surface area contributed by atoms with Crippen molar-refractivity contribution in [3.63, 3.8) is 0 Å². The van der Waals surface area contributed by atoms with Gasteiger partial charge in [0, 0.05) is 5.56 Å². The van der Waals surface area contributed by atoms with Gasteiger partial charge < -0.3 is 9.84 Å². The van der Waals surface area contributed by atoms with Crippen LogP contribution >= 0.6 is 34.8 Å². The first kappa shape index (κ1) is 12.7. The minimum absolute atomic E-state index is 0.0568. The third-order valence-electron chi connectivity index (χ3n) is 2.40. The van der Waals surface area contributed by atoms with E-state index in [0.29, 0.717) is 5.56 Å². The maximum absolute atomic E-state index is 11.4. The number of halogens is 3. The van der Waals surface area contributed by atoms with Gasteiger partial charge in [0.1, 0.15) is 9.87 Å². The fraction of sp³-hybridized carbons (Fsp3) is 0.182. The number of esters is 1. The molecule has 0 aliphatic carbocycles. The highest BCUT2D eigenvalue weighted by Gasteiger charge is 2.49. The molecule has 1 atom stereocenters. The van der Waals surface area contributed by atoms with Gasteiger partial charge in [-0.25, -0.2) is 4.79 Å². The summed E-state index contributed by atoms with van der Waals surface area (Å²) in [6.07, 6.45) is 0. The molecule has 0 radical (unpaired) electrons. The van der Waals surface area contributed by atoms with Crippen molar-refractivity contribution in [2.24, 2.45) is 0 Å². The van der Waals surface area contributed by atoms with Crippen LogP contribution < -0.4 is 0 Å². The molecular formula is C11H7Cl3O3. The molecule has 1 aliphatic heterocycles. The van der Waals surface area contributed by atoms with E-state index in [1.54, 1.807) is 30.3 Å². The summed E-state index contributed by atoms with van der Waals surface area (Å²) in [5, 5.41) is 10.1. The molecule has 2 rings (SSSR count). The van der Waals surface area contributed by atoms with Crippen molar-refractivity contribution >= 4 is 40.8 Å². The van der Waals surface area contributed by atoms with E-state index in [1.165, 1.54) is 0 Å². The average molecular weight is 294 g/mol. The normalized spacial score (nSPS) is 24.4. The molecule has 17 heavy (non-hydrogen) atoms. The van der Waals surface area contributed by atoms with Gasteiger partial charge in [-0.3, -0.25) is 0 Å². The molecular weight excluding hydrogens is 286 g/mol. The largest absolute Gasteiger partial charge is 0.420 e. The van der Waals surface area contributed by atoms with Crippen LogP contribution in [0.25, 0.3) is 0 Å². The molecule has 1 unspecified atom stereocenters. The number of cyclic esters (lactones) is 1. The fourth-order valence-corrected chi connectivity index (χ4v) is 2.52. The number of alkyl halides is 2. The number of carbonyl (C=O) groups excluding carboxylic acids is 1. The average Bonchev–Trinajstić information content (AvgIpc) is 2.52. The lowest BCUT2D eigenvalue weighted by atomic mass is 9.99. The predicted octanol–water partition coefficient (Wildman–Crippen LogP) is 2.69. The third kappa shape index (κ3) is 2.04. The van der Waals surface area contributed by atoms with Crippen LogP contribution in [0.3, 0.4) is 0 Å². The zero-order valence-electron chi connectivity index (χ0n) is 8.36. The first-order valence-electron chi connectivity index (χ1n) is 4.66. The SMILES string of the molecule is O=C1OC(O)(c2ccccc2)C(C(Cl)Cl)=C1Cl. The number of hydrogen-bond acceptors (Lipinski definition) is 3. The summed E-state index contributed by atoms with van der Waals surface area (Å²) in [4.78, 5) is 10.2. The lowest BCUT2D eigenvalue weighted by molar-refractivity contribution is -0.185. The summed E-state index contributed by atoms with van der Waals surface area (Å²) in [5.74, 6) is -2.84. The molecule has 1 aromatic carbocycles. The van der Waals surface area contributed by atoms with E-state index < -0.39 is 16.6 Å². The lowest BCUT2D eigenvalue weighted by Gasteiger charge is -2.25. The standard InChI is InChI=1S/C11H7Cl3O3/c12-8-7(9(13)14)11(16,17-10(8)15)6-4-2-1-3-5-6/h1-5,9,16H. The molecule has 1 heterocycles. The van der Waals surface area contributed by atoms with Crippen molar-refractivity contribution in [3.8, 4) is 0 Å². The van der Waals surface area contributed by atoms with Crippen LogP contribution in [-0.2, 0) is 15.3 Å². The van der Waals surface area contributed by atoms with Crippen molar-refractivity contribution in [2.45, 2.75) is 10.6 Å². The molecule has 0 spiro atoms. The van der Waals surface area contributed by atoms with Crippen molar-refractivity contribution in [2.75, 3.05) is 0 Å². The van der Waals surface area contributed by atoms with Gasteiger partial charge in [-0.05, 0) is 0 Å². The number of hydrogen-bond donors (Lipinski definition) is 1. The zero-order valence-corrected chi connectivity index (χ0v) is 10.6. The van der Waals surface area contributed by atoms with Crippen LogP contribution in [0.5, 0.6) is 0 Å². The summed E-state index contributed by atoms with van der Waals surface area (Å²) in [6.45, 7) is 0. The predicted molar refractivity (Wildman–Crippen MR) is 64.8 cm³/mol. The van der Waals surface area contributed by atoms with Gasteiger partial charge in [0.2, 0.25) is 0 Å². The smallest absolute Gasteiger partial charge is 0.353 e. The Kier molecular flexibility index (Phi) is 3.36. The lowest BCUT2D eigenvalue weighted by Crippen LogP contribution is -2.31. The van der Waals surface area contributed by atoms with Gasteiger partial charge >= 0.3 is 5.97 Å². The summed E-state index contributed by atoms with van der Waals surface area (Å²) in [7, 11) is 0. The molecule has 1 N–H and O–H groups in total. The molecule has 3 nitrogen and oxygen atoms in total. The van der Waals surface area contributed by atoms with Crippen LogP contribution in [0.1, 0.15) is 5.56 Å². The summed E-state index contributed by atoms with van der Waals surface area (Å²) in [6, 6.07) is 8.29. The zero-order chi connectivity index (χ0) is 12.6. The molecule has 0 saturated carbocycles. The Balaban J connectivity index is 2.56. The van der Waals surface area contributed by atoms with Crippen LogP contribution in [0.2, 0.25) is 0 Å². The quantitative estimate of drug-likeness (QED) is 0.673. The number of carbonyl (C=O) groups is 1. The van der Waals surface area contributed by atoms with Crippen molar-refractivity contribution in [1.82, 2.24) is 0 Å². The van der Waals surface area contributed by atoms with Crippen LogP contribution in [-0.4, -0.2) is 15.9 Å². The van der Waals surface area contributed by atoms with E-state index in [4.69, 9.17) is 39.5 Å². The molecule has 0 bridgehead atoms. The topological polar surface area (TPSA) is 46.5 Å². The Morgan fingerprint density at radius 3 is 2.35 bits per heavy atom. The van der Waals surface area contributed by atoms with Crippen molar-refractivity contribution < 1.29 is 14.6 Å². The van der Waals surface area contributed by atoms with Crippen LogP contribution in [0.4, 0.5) is 0 Å². The number of aliphatic hydroxyl groups is 1. The molecule has 0 saturated heterocycles. The Hall–Kier alpha value is -0.740. The number of rotatable bonds is 2. The second-order valence-corrected chi connectivity index (χ2v) is 4.90. The van der Waals surface area contributed by atoms with Gasteiger partial charge in [0.15, 0.2) is 0 Å². The highest BCUT2D eigenvalue weighted by molar-refractivity contribution is 6.49. The first-order chi connectivity index (χ1) is 7.97. The van der Waals surface area contributed by atoms with Crippen LogP contribution in [0.15, 0.2) is 40.9 Å². The van der Waals surface area contributed by atoms with E-state index in [0.717, 1.165) is 0 Å². The van der Waals surface area contributed by atoms with Crippen molar-refractivity contribution in [3.05, 3.63) is 46.5 Å². The molecule has 6 heteroatoms. The Morgan fingerprint density at radius 2 is 1.82 bits per heavy atom. The second kappa shape index (κ2) is 4.50. The van der Waals surface area contributed by atoms with Crippen LogP contribution in [0, 0.1) is 0 Å². The minimum Gasteiger partial charge on any atom is -0.420 e. The Labute approximate surface area is 113 Å². The van der Waals surface area contributed by atoms with E-state index >= 15 is 0 Å². The maximum atomic E-state index is 11.4. The van der Waals surface area contributed by atoms with Gasteiger partial charge in [-0.2, -0.15) is 0 Å². The number of ether oxygens (including phenoxy) is 1. The van der Waals surface area contributed by atoms with E-state index in [-0.39, 0.29) is 10.6 Å². The highest BCUT2D eigenvalue weighted by atomic mass is 35.5. The van der Waals surface area contributed by atoms with E-state index in [1.807, 2.05) is 0 Å². The van der Waals surface area contributed by atoms with Gasteiger partial charge in [0.25, 0.3) is 5.79 Å². The molecule has 90 valence electrons. The highest BCUT2D eigenvalue weighted by Crippen LogP contribution is 2.44. The van der Waals surface area contributed by atoms with Gasteiger partial charge in [-0.1, -0.05) is 41.9 Å². The van der Waals surface area contributed by atoms with Gasteiger partial charge in [-0.15, -0.1) is 23.2 Å². The first-order valence-corrected chi connectivity index (χ1v) is 5.91. The fourth-order valence-electron chi connectivity index (χ4n) is 1.61. The summed E-state index contributed by atoms with van der Waals surface area (Å²) >= 11 is 17.2. The molecule has 1 aromatic rings. The Morgan fingerprint density at radius 1 is 1.24 bits per heavy atom. The molecule has 0 amide bonds. The molecule has 1 aliphatic rings. The second-order valence-electron chi connectivity index (χ2n) is 3.43. The third-order valence-corrected chi connectivity index (χ3v) is 3.20. The Bertz CT molecular complexity index is 484.